The molecule has 1 aromatic carbocycles. The Balaban J connectivity index is 1.57. The second-order valence-electron chi connectivity index (χ2n) is 5.37. The third kappa shape index (κ3) is 4.44. The van der Waals surface area contributed by atoms with Gasteiger partial charge in [0.2, 0.25) is 17.7 Å². The molecule has 134 valence electrons. The summed E-state index contributed by atoms with van der Waals surface area (Å²) in [5.74, 6) is 0.0832. The lowest BCUT2D eigenvalue weighted by atomic mass is 10.2. The number of hydrogen-bond acceptors (Lipinski definition) is 5. The molecule has 3 aromatic rings. The lowest BCUT2D eigenvalue weighted by molar-refractivity contribution is -0.137. The molecule has 1 amide bonds. The van der Waals surface area contributed by atoms with Crippen molar-refractivity contribution in [3.8, 4) is 11.5 Å². The van der Waals surface area contributed by atoms with E-state index in [-0.39, 0.29) is 30.3 Å². The largest absolute Gasteiger partial charge is 0.421 e. The number of benzene rings is 1. The third-order valence-corrected chi connectivity index (χ3v) is 3.41. The minimum Gasteiger partial charge on any atom is -0.421 e. The minimum atomic E-state index is -4.47. The monoisotopic (exact) mass is 362 g/mol. The predicted octanol–water partition coefficient (Wildman–Crippen LogP) is 3.72. The molecule has 2 aromatic heterocycles. The molecule has 0 radical (unpaired) electrons. The summed E-state index contributed by atoms with van der Waals surface area (Å²) in [4.78, 5) is 15.9. The van der Waals surface area contributed by atoms with Gasteiger partial charge in [0.15, 0.2) is 0 Å². The van der Waals surface area contributed by atoms with Gasteiger partial charge in [-0.15, -0.1) is 10.2 Å². The van der Waals surface area contributed by atoms with Crippen molar-refractivity contribution in [3.05, 3.63) is 60.2 Å². The SMILES string of the molecule is O=C(CCc1nnc(-c2cccnc2)o1)Nc1cccc(C(F)(F)F)c1. The van der Waals surface area contributed by atoms with E-state index in [0.717, 1.165) is 12.1 Å². The molecule has 0 spiro atoms. The van der Waals surface area contributed by atoms with Crippen LogP contribution in [0.2, 0.25) is 0 Å². The zero-order chi connectivity index (χ0) is 18.6. The molecule has 6 nitrogen and oxygen atoms in total. The highest BCUT2D eigenvalue weighted by atomic mass is 19.4. The van der Waals surface area contributed by atoms with Crippen LogP contribution >= 0.6 is 0 Å². The second kappa shape index (κ2) is 7.34. The first-order chi connectivity index (χ1) is 12.4. The van der Waals surface area contributed by atoms with Gasteiger partial charge in [0.1, 0.15) is 0 Å². The van der Waals surface area contributed by atoms with Crippen LogP contribution in [0, 0.1) is 0 Å². The lowest BCUT2D eigenvalue weighted by Crippen LogP contribution is -2.13. The summed E-state index contributed by atoms with van der Waals surface area (Å²) in [6.45, 7) is 0. The summed E-state index contributed by atoms with van der Waals surface area (Å²) < 4.78 is 43.5. The number of halogens is 3. The van der Waals surface area contributed by atoms with Crippen LogP contribution in [0.25, 0.3) is 11.5 Å². The van der Waals surface area contributed by atoms with E-state index in [2.05, 4.69) is 20.5 Å². The summed E-state index contributed by atoms with van der Waals surface area (Å²) in [5, 5.41) is 10.1. The van der Waals surface area contributed by atoms with Crippen molar-refractivity contribution in [1.29, 1.82) is 0 Å². The minimum absolute atomic E-state index is 0.00901. The molecule has 0 aliphatic carbocycles. The Morgan fingerprint density at radius 3 is 2.73 bits per heavy atom. The van der Waals surface area contributed by atoms with E-state index in [0.29, 0.717) is 5.56 Å². The number of carbonyl (C=O) groups is 1. The van der Waals surface area contributed by atoms with Gasteiger partial charge in [-0.25, -0.2) is 0 Å². The zero-order valence-electron chi connectivity index (χ0n) is 13.3. The second-order valence-corrected chi connectivity index (χ2v) is 5.37. The van der Waals surface area contributed by atoms with E-state index in [1.807, 2.05) is 0 Å². The van der Waals surface area contributed by atoms with Gasteiger partial charge in [0, 0.05) is 30.9 Å². The number of carbonyl (C=O) groups excluding carboxylic acids is 1. The average Bonchev–Trinajstić information content (AvgIpc) is 3.09. The number of nitrogens with one attached hydrogen (secondary N) is 1. The smallest absolute Gasteiger partial charge is 0.416 e. The van der Waals surface area contributed by atoms with Crippen LogP contribution in [0.4, 0.5) is 18.9 Å². The van der Waals surface area contributed by atoms with Crippen molar-refractivity contribution >= 4 is 11.6 Å². The molecule has 0 aliphatic rings. The van der Waals surface area contributed by atoms with Crippen molar-refractivity contribution < 1.29 is 22.4 Å². The highest BCUT2D eigenvalue weighted by Crippen LogP contribution is 2.30. The fourth-order valence-corrected chi connectivity index (χ4v) is 2.18. The van der Waals surface area contributed by atoms with E-state index in [4.69, 9.17) is 4.42 Å². The van der Waals surface area contributed by atoms with Crippen molar-refractivity contribution in [2.24, 2.45) is 0 Å². The van der Waals surface area contributed by atoms with E-state index in [1.54, 1.807) is 24.5 Å². The molecule has 0 bridgehead atoms. The number of hydrogen-bond donors (Lipinski definition) is 1. The highest BCUT2D eigenvalue weighted by molar-refractivity contribution is 5.90. The lowest BCUT2D eigenvalue weighted by Gasteiger charge is -2.09. The van der Waals surface area contributed by atoms with Gasteiger partial charge >= 0.3 is 6.18 Å². The number of amides is 1. The molecule has 2 heterocycles. The van der Waals surface area contributed by atoms with Crippen molar-refractivity contribution in [1.82, 2.24) is 15.2 Å². The van der Waals surface area contributed by atoms with E-state index in [9.17, 15) is 18.0 Å². The molecule has 0 saturated heterocycles. The Morgan fingerprint density at radius 2 is 2.00 bits per heavy atom. The van der Waals surface area contributed by atoms with Crippen molar-refractivity contribution in [3.63, 3.8) is 0 Å². The standard InChI is InChI=1S/C17H13F3N4O2/c18-17(19,20)12-4-1-5-13(9-12)22-14(25)6-7-15-23-24-16(26-15)11-3-2-8-21-10-11/h1-5,8-10H,6-7H2,(H,22,25). The third-order valence-electron chi connectivity index (χ3n) is 3.41. The first kappa shape index (κ1) is 17.6. The van der Waals surface area contributed by atoms with Crippen molar-refractivity contribution in [2.75, 3.05) is 5.32 Å². The maximum Gasteiger partial charge on any atom is 0.416 e. The molecular formula is C17H13F3N4O2. The van der Waals surface area contributed by atoms with Gasteiger partial charge in [-0.05, 0) is 30.3 Å². The number of anilines is 1. The van der Waals surface area contributed by atoms with Crippen LogP contribution in [-0.2, 0) is 17.4 Å². The van der Waals surface area contributed by atoms with Gasteiger partial charge in [0.05, 0.1) is 11.1 Å². The van der Waals surface area contributed by atoms with Crippen LogP contribution in [0.1, 0.15) is 17.9 Å². The Kier molecular flexibility index (Phi) is 4.97. The highest BCUT2D eigenvalue weighted by Gasteiger charge is 2.30. The maximum atomic E-state index is 12.7. The van der Waals surface area contributed by atoms with Gasteiger partial charge in [-0.1, -0.05) is 6.07 Å². The molecule has 0 fully saturated rings. The molecular weight excluding hydrogens is 349 g/mol. The molecule has 0 saturated carbocycles. The summed E-state index contributed by atoms with van der Waals surface area (Å²) in [6.07, 6.45) is -1.13. The normalized spacial score (nSPS) is 11.3. The van der Waals surface area contributed by atoms with Crippen LogP contribution in [0.15, 0.2) is 53.2 Å². The molecule has 1 N–H and O–H groups in total. The van der Waals surface area contributed by atoms with Crippen molar-refractivity contribution in [2.45, 2.75) is 19.0 Å². The Bertz CT molecular complexity index is 894. The number of aryl methyl sites for hydroxylation is 1. The Morgan fingerprint density at radius 1 is 1.15 bits per heavy atom. The molecule has 0 atom stereocenters. The maximum absolute atomic E-state index is 12.7. The zero-order valence-corrected chi connectivity index (χ0v) is 13.3. The molecule has 9 heteroatoms. The van der Waals surface area contributed by atoms with Gasteiger partial charge in [-0.2, -0.15) is 13.2 Å². The van der Waals surface area contributed by atoms with E-state index in [1.165, 1.54) is 12.1 Å². The molecule has 26 heavy (non-hydrogen) atoms. The molecule has 3 rings (SSSR count). The van der Waals surface area contributed by atoms with Gasteiger partial charge < -0.3 is 9.73 Å². The summed E-state index contributed by atoms with van der Waals surface area (Å²) >= 11 is 0. The Hall–Kier alpha value is -3.23. The summed E-state index contributed by atoms with van der Waals surface area (Å²) in [7, 11) is 0. The van der Waals surface area contributed by atoms with Crippen LogP contribution < -0.4 is 5.32 Å². The average molecular weight is 362 g/mol. The summed E-state index contributed by atoms with van der Waals surface area (Å²) in [6, 6.07) is 7.92. The van der Waals surface area contributed by atoms with Gasteiger partial charge in [-0.3, -0.25) is 9.78 Å². The van der Waals surface area contributed by atoms with Crippen LogP contribution in [0.3, 0.4) is 0 Å². The summed E-state index contributed by atoms with van der Waals surface area (Å²) in [5.41, 5.74) is -0.0978. The number of pyridine rings is 1. The molecule has 0 aliphatic heterocycles. The quantitative estimate of drug-likeness (QED) is 0.748. The first-order valence-corrected chi connectivity index (χ1v) is 7.62. The number of nitrogens with zero attached hydrogens (tertiary/aromatic N) is 3. The first-order valence-electron chi connectivity index (χ1n) is 7.62. The predicted molar refractivity (Wildman–Crippen MR) is 85.9 cm³/mol. The molecule has 0 unspecified atom stereocenters. The number of alkyl halides is 3. The fourth-order valence-electron chi connectivity index (χ4n) is 2.18. The Labute approximate surface area is 146 Å². The van der Waals surface area contributed by atoms with E-state index < -0.39 is 17.6 Å². The van der Waals surface area contributed by atoms with Crippen LogP contribution in [-0.4, -0.2) is 21.1 Å². The van der Waals surface area contributed by atoms with E-state index >= 15 is 0 Å². The van der Waals surface area contributed by atoms with Crippen LogP contribution in [0.5, 0.6) is 0 Å². The fraction of sp³-hybridized carbons (Fsp3) is 0.176. The number of rotatable bonds is 5. The number of aromatic nitrogens is 3. The van der Waals surface area contributed by atoms with Gasteiger partial charge in [0.25, 0.3) is 0 Å². The topological polar surface area (TPSA) is 80.9 Å².